The maximum Gasteiger partial charge on any atom is 0.127 e. The van der Waals surface area contributed by atoms with E-state index >= 15 is 0 Å². The molecule has 0 saturated carbocycles. The molecule has 4 rings (SSSR count). The molecule has 1 N–H and O–H groups in total. The maximum atomic E-state index is 6.01. The lowest BCUT2D eigenvalue weighted by Gasteiger charge is -2.38. The van der Waals surface area contributed by atoms with Crippen LogP contribution in [0.15, 0.2) is 42.5 Å². The molecule has 23 heavy (non-hydrogen) atoms. The Balaban J connectivity index is 1.55. The summed E-state index contributed by atoms with van der Waals surface area (Å²) in [5.74, 6) is 3.30. The Morgan fingerprint density at radius 2 is 1.74 bits per heavy atom. The van der Waals surface area contributed by atoms with Crippen LogP contribution >= 0.6 is 0 Å². The number of rotatable bonds is 3. The molecule has 2 aromatic rings. The maximum absolute atomic E-state index is 6.01. The van der Waals surface area contributed by atoms with Gasteiger partial charge in [-0.3, -0.25) is 0 Å². The topological polar surface area (TPSA) is 30.5 Å². The van der Waals surface area contributed by atoms with E-state index in [0.717, 1.165) is 23.7 Å². The Morgan fingerprint density at radius 3 is 2.57 bits per heavy atom. The molecular weight excluding hydrogens is 286 g/mol. The molecule has 1 aliphatic heterocycles. The molecule has 1 aliphatic carbocycles. The van der Waals surface area contributed by atoms with Gasteiger partial charge >= 0.3 is 0 Å². The molecule has 0 radical (unpaired) electrons. The first kappa shape index (κ1) is 14.6. The van der Waals surface area contributed by atoms with Crippen molar-refractivity contribution < 1.29 is 9.47 Å². The van der Waals surface area contributed by atoms with Crippen LogP contribution in [0.4, 0.5) is 0 Å². The second kappa shape index (κ2) is 6.25. The van der Waals surface area contributed by atoms with E-state index in [1.165, 1.54) is 36.9 Å². The Labute approximate surface area is 137 Å². The van der Waals surface area contributed by atoms with E-state index in [0.29, 0.717) is 12.0 Å². The van der Waals surface area contributed by atoms with Crippen molar-refractivity contribution in [3.05, 3.63) is 53.6 Å². The van der Waals surface area contributed by atoms with Crippen LogP contribution in [-0.2, 0) is 6.42 Å². The molecule has 1 heterocycles. The van der Waals surface area contributed by atoms with E-state index in [9.17, 15) is 0 Å². The first-order chi connectivity index (χ1) is 11.3. The largest absolute Gasteiger partial charge is 0.497 e. The van der Waals surface area contributed by atoms with Gasteiger partial charge in [-0.2, -0.15) is 0 Å². The van der Waals surface area contributed by atoms with E-state index in [1.807, 2.05) is 24.3 Å². The Kier molecular flexibility index (Phi) is 3.96. The number of benzene rings is 2. The summed E-state index contributed by atoms with van der Waals surface area (Å²) in [6.45, 7) is 1.18. The third-order valence-electron chi connectivity index (χ3n) is 5.12. The predicted octanol–water partition coefficient (Wildman–Crippen LogP) is 4.27. The Bertz CT molecular complexity index is 681. The number of aryl methyl sites for hydroxylation is 1. The van der Waals surface area contributed by atoms with Crippen LogP contribution in [0, 0.1) is 0 Å². The van der Waals surface area contributed by atoms with Crippen LogP contribution < -0.4 is 14.8 Å². The quantitative estimate of drug-likeness (QED) is 0.918. The van der Waals surface area contributed by atoms with Gasteiger partial charge in [0.15, 0.2) is 0 Å². The highest BCUT2D eigenvalue weighted by atomic mass is 16.5. The summed E-state index contributed by atoms with van der Waals surface area (Å²) in [7, 11) is 1.67. The van der Waals surface area contributed by atoms with Gasteiger partial charge in [0, 0.05) is 6.04 Å². The Hall–Kier alpha value is -2.00. The molecule has 1 saturated heterocycles. The molecule has 0 aromatic heterocycles. The van der Waals surface area contributed by atoms with Gasteiger partial charge in [-0.1, -0.05) is 6.07 Å². The predicted molar refractivity (Wildman–Crippen MR) is 91.6 cm³/mol. The molecule has 3 nitrogen and oxygen atoms in total. The molecule has 3 heteroatoms. The van der Waals surface area contributed by atoms with Crippen LogP contribution in [0.3, 0.4) is 0 Å². The lowest BCUT2D eigenvalue weighted by molar-refractivity contribution is 0.319. The molecule has 2 atom stereocenters. The minimum Gasteiger partial charge on any atom is -0.497 e. The van der Waals surface area contributed by atoms with Crippen molar-refractivity contribution in [2.45, 2.75) is 37.6 Å². The van der Waals surface area contributed by atoms with Gasteiger partial charge in [-0.15, -0.1) is 0 Å². The summed E-state index contributed by atoms with van der Waals surface area (Å²) in [6.07, 6.45) is 4.97. The fourth-order valence-corrected chi connectivity index (χ4v) is 3.94. The first-order valence-corrected chi connectivity index (χ1v) is 8.51. The van der Waals surface area contributed by atoms with Crippen LogP contribution in [0.5, 0.6) is 17.2 Å². The minimum atomic E-state index is 0.671. The minimum absolute atomic E-state index is 0.671. The fourth-order valence-electron chi connectivity index (χ4n) is 3.94. The van der Waals surface area contributed by atoms with Gasteiger partial charge in [-0.25, -0.2) is 0 Å². The number of fused-ring (bicyclic) bond motifs is 3. The van der Waals surface area contributed by atoms with Crippen LogP contribution in [0.25, 0.3) is 0 Å². The molecule has 2 aromatic carbocycles. The van der Waals surface area contributed by atoms with Crippen molar-refractivity contribution in [2.24, 2.45) is 0 Å². The van der Waals surface area contributed by atoms with E-state index < -0.39 is 0 Å². The zero-order chi connectivity index (χ0) is 15.6. The van der Waals surface area contributed by atoms with Crippen molar-refractivity contribution in [1.29, 1.82) is 0 Å². The monoisotopic (exact) mass is 309 g/mol. The van der Waals surface area contributed by atoms with Crippen molar-refractivity contribution in [2.75, 3.05) is 13.7 Å². The Morgan fingerprint density at radius 1 is 0.957 bits per heavy atom. The van der Waals surface area contributed by atoms with Crippen molar-refractivity contribution >= 4 is 0 Å². The van der Waals surface area contributed by atoms with Gasteiger partial charge < -0.3 is 14.8 Å². The first-order valence-electron chi connectivity index (χ1n) is 8.51. The highest BCUT2D eigenvalue weighted by Crippen LogP contribution is 2.39. The number of ether oxygens (including phenoxy) is 2. The summed E-state index contributed by atoms with van der Waals surface area (Å²) < 4.78 is 11.2. The summed E-state index contributed by atoms with van der Waals surface area (Å²) in [6, 6.07) is 15.0. The summed E-state index contributed by atoms with van der Waals surface area (Å²) in [5, 5.41) is 3.68. The van der Waals surface area contributed by atoms with Gasteiger partial charge in [-0.05, 0) is 85.7 Å². The van der Waals surface area contributed by atoms with E-state index in [4.69, 9.17) is 9.47 Å². The summed E-state index contributed by atoms with van der Waals surface area (Å²) in [4.78, 5) is 0. The van der Waals surface area contributed by atoms with Gasteiger partial charge in [0.05, 0.1) is 7.11 Å². The normalized spacial score (nSPS) is 22.8. The standard InChI is InChI=1S/C20H23NO2/c1-22-15-5-7-16(8-6-15)23-17-9-10-18-14(13-17)4-11-20-19(18)3-2-12-21-20/h5-10,13,19-21H,2-4,11-12H2,1H3/t19-,20+/m1/s1. The van der Waals surface area contributed by atoms with Crippen molar-refractivity contribution in [3.8, 4) is 17.2 Å². The van der Waals surface area contributed by atoms with E-state index in [-0.39, 0.29) is 0 Å². The zero-order valence-electron chi connectivity index (χ0n) is 13.5. The zero-order valence-corrected chi connectivity index (χ0v) is 13.5. The van der Waals surface area contributed by atoms with Crippen LogP contribution in [-0.4, -0.2) is 19.7 Å². The van der Waals surface area contributed by atoms with E-state index in [2.05, 4.69) is 23.5 Å². The molecule has 0 unspecified atom stereocenters. The molecule has 0 bridgehead atoms. The molecule has 120 valence electrons. The molecule has 0 spiro atoms. The molecular formula is C20H23NO2. The SMILES string of the molecule is COc1ccc(Oc2ccc3c(c2)CC[C@@H]2NCCC[C@H]32)cc1. The number of nitrogens with one attached hydrogen (secondary N) is 1. The molecule has 2 aliphatic rings. The fraction of sp³-hybridized carbons (Fsp3) is 0.400. The van der Waals surface area contributed by atoms with Gasteiger partial charge in [0.25, 0.3) is 0 Å². The van der Waals surface area contributed by atoms with Crippen LogP contribution in [0.2, 0.25) is 0 Å². The number of hydrogen-bond donors (Lipinski definition) is 1. The van der Waals surface area contributed by atoms with Crippen molar-refractivity contribution in [3.63, 3.8) is 0 Å². The highest BCUT2D eigenvalue weighted by molar-refractivity contribution is 5.43. The third-order valence-corrected chi connectivity index (χ3v) is 5.12. The number of methoxy groups -OCH3 is 1. The third kappa shape index (κ3) is 2.93. The van der Waals surface area contributed by atoms with Gasteiger partial charge in [0.1, 0.15) is 17.2 Å². The van der Waals surface area contributed by atoms with E-state index in [1.54, 1.807) is 7.11 Å². The highest BCUT2D eigenvalue weighted by Gasteiger charge is 2.31. The van der Waals surface area contributed by atoms with Crippen molar-refractivity contribution in [1.82, 2.24) is 5.32 Å². The second-order valence-corrected chi connectivity index (χ2v) is 6.49. The van der Waals surface area contributed by atoms with Gasteiger partial charge in [0.2, 0.25) is 0 Å². The average Bonchev–Trinajstić information content (AvgIpc) is 2.62. The number of hydrogen-bond acceptors (Lipinski definition) is 3. The van der Waals surface area contributed by atoms with Crippen LogP contribution in [0.1, 0.15) is 36.3 Å². The number of piperidine rings is 1. The average molecular weight is 309 g/mol. The second-order valence-electron chi connectivity index (χ2n) is 6.49. The molecule has 1 fully saturated rings. The molecule has 0 amide bonds. The smallest absolute Gasteiger partial charge is 0.127 e. The summed E-state index contributed by atoms with van der Waals surface area (Å²) >= 11 is 0. The lowest BCUT2D eigenvalue weighted by atomic mass is 9.75. The lowest BCUT2D eigenvalue weighted by Crippen LogP contribution is -2.42. The summed E-state index contributed by atoms with van der Waals surface area (Å²) in [5.41, 5.74) is 2.98.